The third kappa shape index (κ3) is 1.21. The molecule has 0 saturated heterocycles. The lowest BCUT2D eigenvalue weighted by Gasteiger charge is -2.11. The summed E-state index contributed by atoms with van der Waals surface area (Å²) in [5, 5.41) is 10.2. The Morgan fingerprint density at radius 1 is 1.78 bits per heavy atom. The SMILES string of the molecule is CC1(Br)N=NN=CC1=O. The molecule has 0 amide bonds. The maximum Gasteiger partial charge on any atom is 0.215 e. The molecule has 1 heterocycles. The van der Waals surface area contributed by atoms with Crippen LogP contribution < -0.4 is 0 Å². The Bertz CT molecular complexity index is 196. The molecule has 0 aromatic carbocycles. The van der Waals surface area contributed by atoms with Crippen molar-refractivity contribution in [1.82, 2.24) is 0 Å². The molecular formula is C4H4BrN3O. The predicted molar refractivity (Wildman–Crippen MR) is 35.7 cm³/mol. The lowest BCUT2D eigenvalue weighted by atomic mass is 10.2. The van der Waals surface area contributed by atoms with Crippen LogP contribution in [-0.4, -0.2) is 16.4 Å². The van der Waals surface area contributed by atoms with Crippen molar-refractivity contribution < 1.29 is 4.79 Å². The van der Waals surface area contributed by atoms with Crippen molar-refractivity contribution in [1.29, 1.82) is 0 Å². The standard InChI is InChI=1S/C4H4BrN3O/c1-4(5)3(9)2-6-8-7-4/h2H,1H3. The molecule has 1 unspecified atom stereocenters. The molecular weight excluding hydrogens is 186 g/mol. The van der Waals surface area contributed by atoms with E-state index in [0.29, 0.717) is 0 Å². The molecule has 1 rings (SSSR count). The van der Waals surface area contributed by atoms with E-state index < -0.39 is 4.45 Å². The third-order valence-electron chi connectivity index (χ3n) is 0.909. The average molecular weight is 190 g/mol. The minimum absolute atomic E-state index is 0.183. The number of hydrogen-bond acceptors (Lipinski definition) is 4. The number of hydrogen-bond donors (Lipinski definition) is 0. The molecule has 1 atom stereocenters. The molecule has 0 fully saturated rings. The fourth-order valence-electron chi connectivity index (χ4n) is 0.355. The average Bonchev–Trinajstić information content (AvgIpc) is 1.77. The minimum atomic E-state index is -0.880. The molecule has 0 N–H and O–H groups in total. The first-order chi connectivity index (χ1) is 4.13. The van der Waals surface area contributed by atoms with Gasteiger partial charge in [-0.2, -0.15) is 0 Å². The van der Waals surface area contributed by atoms with Crippen molar-refractivity contribution >= 4 is 27.9 Å². The summed E-state index contributed by atoms with van der Waals surface area (Å²) in [6.07, 6.45) is 1.14. The van der Waals surface area contributed by atoms with E-state index in [2.05, 4.69) is 31.4 Å². The smallest absolute Gasteiger partial charge is 0.215 e. The maximum absolute atomic E-state index is 10.8. The number of halogens is 1. The van der Waals surface area contributed by atoms with Gasteiger partial charge in [-0.15, -0.1) is 10.2 Å². The van der Waals surface area contributed by atoms with Crippen LogP contribution in [-0.2, 0) is 4.79 Å². The van der Waals surface area contributed by atoms with Crippen molar-refractivity contribution in [2.24, 2.45) is 15.4 Å². The van der Waals surface area contributed by atoms with Crippen LogP contribution in [0.4, 0.5) is 0 Å². The predicted octanol–water partition coefficient (Wildman–Crippen LogP) is 1.12. The fourth-order valence-corrected chi connectivity index (χ4v) is 0.528. The molecule has 0 bridgehead atoms. The second-order valence-corrected chi connectivity index (χ2v) is 3.30. The van der Waals surface area contributed by atoms with Crippen LogP contribution in [0.3, 0.4) is 0 Å². The van der Waals surface area contributed by atoms with E-state index in [-0.39, 0.29) is 5.78 Å². The normalized spacial score (nSPS) is 33.3. The molecule has 0 aromatic heterocycles. The Hall–Kier alpha value is -0.580. The molecule has 1 aliphatic rings. The second kappa shape index (κ2) is 1.98. The molecule has 9 heavy (non-hydrogen) atoms. The van der Waals surface area contributed by atoms with Crippen molar-refractivity contribution in [3.63, 3.8) is 0 Å². The number of carbonyl (C=O) groups excluding carboxylic acids is 1. The van der Waals surface area contributed by atoms with Crippen LogP contribution in [0.2, 0.25) is 0 Å². The van der Waals surface area contributed by atoms with Gasteiger partial charge in [-0.1, -0.05) is 0 Å². The first kappa shape index (κ1) is 6.54. The van der Waals surface area contributed by atoms with Crippen LogP contribution >= 0.6 is 15.9 Å². The van der Waals surface area contributed by atoms with Crippen LogP contribution in [0, 0.1) is 0 Å². The lowest BCUT2D eigenvalue weighted by Crippen LogP contribution is -2.27. The highest BCUT2D eigenvalue weighted by Gasteiger charge is 2.29. The van der Waals surface area contributed by atoms with E-state index in [1.54, 1.807) is 6.92 Å². The fraction of sp³-hybridized carbons (Fsp3) is 0.500. The summed E-state index contributed by atoms with van der Waals surface area (Å²) in [4.78, 5) is 10.8. The number of alkyl halides is 1. The summed E-state index contributed by atoms with van der Waals surface area (Å²) in [5.74, 6) is -0.183. The molecule has 1 aliphatic heterocycles. The Balaban J connectivity index is 2.91. The molecule has 0 saturated carbocycles. The summed E-state index contributed by atoms with van der Waals surface area (Å²) in [6.45, 7) is 1.62. The van der Waals surface area contributed by atoms with E-state index in [9.17, 15) is 4.79 Å². The van der Waals surface area contributed by atoms with Gasteiger partial charge in [0.25, 0.3) is 0 Å². The van der Waals surface area contributed by atoms with Gasteiger partial charge in [-0.25, -0.2) is 0 Å². The van der Waals surface area contributed by atoms with Gasteiger partial charge in [-0.05, 0) is 28.1 Å². The van der Waals surface area contributed by atoms with Crippen LogP contribution in [0.1, 0.15) is 6.92 Å². The largest absolute Gasteiger partial charge is 0.289 e. The van der Waals surface area contributed by atoms with Gasteiger partial charge in [0, 0.05) is 0 Å². The summed E-state index contributed by atoms with van der Waals surface area (Å²) in [5.41, 5.74) is 0. The highest BCUT2D eigenvalue weighted by atomic mass is 79.9. The zero-order valence-corrected chi connectivity index (χ0v) is 6.29. The van der Waals surface area contributed by atoms with Crippen molar-refractivity contribution in [3.8, 4) is 0 Å². The summed E-state index contributed by atoms with van der Waals surface area (Å²) in [6, 6.07) is 0. The van der Waals surface area contributed by atoms with Gasteiger partial charge in [0.1, 0.15) is 0 Å². The zero-order valence-electron chi connectivity index (χ0n) is 4.71. The highest BCUT2D eigenvalue weighted by molar-refractivity contribution is 9.10. The van der Waals surface area contributed by atoms with Crippen molar-refractivity contribution in [2.75, 3.05) is 0 Å². The van der Waals surface area contributed by atoms with E-state index in [4.69, 9.17) is 0 Å². The summed E-state index contributed by atoms with van der Waals surface area (Å²) in [7, 11) is 0. The second-order valence-electron chi connectivity index (χ2n) is 1.75. The summed E-state index contributed by atoms with van der Waals surface area (Å²) >= 11 is 3.06. The number of Topliss-reactive ketones (excluding diaryl/α,β-unsaturated/α-hetero) is 1. The molecule has 0 aliphatic carbocycles. The highest BCUT2D eigenvalue weighted by Crippen LogP contribution is 2.21. The number of nitrogens with zero attached hydrogens (tertiary/aromatic N) is 3. The van der Waals surface area contributed by atoms with Crippen LogP contribution in [0.15, 0.2) is 15.4 Å². The molecule has 5 heteroatoms. The first-order valence-corrected chi connectivity index (χ1v) is 3.11. The molecule has 0 spiro atoms. The Morgan fingerprint density at radius 2 is 2.44 bits per heavy atom. The number of carbonyl (C=O) groups is 1. The Morgan fingerprint density at radius 3 is 2.78 bits per heavy atom. The van der Waals surface area contributed by atoms with Crippen LogP contribution in [0.5, 0.6) is 0 Å². The molecule has 4 nitrogen and oxygen atoms in total. The Kier molecular flexibility index (Phi) is 1.44. The van der Waals surface area contributed by atoms with Crippen LogP contribution in [0.25, 0.3) is 0 Å². The maximum atomic E-state index is 10.8. The quantitative estimate of drug-likeness (QED) is 0.417. The third-order valence-corrected chi connectivity index (χ3v) is 1.46. The Labute approximate surface area is 60.2 Å². The van der Waals surface area contributed by atoms with E-state index >= 15 is 0 Å². The molecule has 0 aromatic rings. The van der Waals surface area contributed by atoms with Gasteiger partial charge in [-0.3, -0.25) is 4.79 Å². The zero-order chi connectivity index (χ0) is 6.91. The van der Waals surface area contributed by atoms with Crippen molar-refractivity contribution in [3.05, 3.63) is 0 Å². The summed E-state index contributed by atoms with van der Waals surface area (Å²) < 4.78 is -0.880. The minimum Gasteiger partial charge on any atom is -0.289 e. The monoisotopic (exact) mass is 189 g/mol. The van der Waals surface area contributed by atoms with Gasteiger partial charge in [0.2, 0.25) is 5.78 Å². The van der Waals surface area contributed by atoms with Gasteiger partial charge in [0.05, 0.1) is 6.21 Å². The van der Waals surface area contributed by atoms with Gasteiger partial charge < -0.3 is 0 Å². The first-order valence-electron chi connectivity index (χ1n) is 2.31. The van der Waals surface area contributed by atoms with Gasteiger partial charge in [0.15, 0.2) is 4.45 Å². The number of ketones is 1. The van der Waals surface area contributed by atoms with E-state index in [1.807, 2.05) is 0 Å². The van der Waals surface area contributed by atoms with E-state index in [0.717, 1.165) is 6.21 Å². The van der Waals surface area contributed by atoms with Gasteiger partial charge >= 0.3 is 0 Å². The van der Waals surface area contributed by atoms with Crippen molar-refractivity contribution in [2.45, 2.75) is 11.4 Å². The topological polar surface area (TPSA) is 54.1 Å². The lowest BCUT2D eigenvalue weighted by molar-refractivity contribution is -0.114. The van der Waals surface area contributed by atoms with E-state index in [1.165, 1.54) is 0 Å². The molecule has 48 valence electrons. The molecule has 0 radical (unpaired) electrons. The number of rotatable bonds is 0.